The van der Waals surface area contributed by atoms with Gasteiger partial charge >= 0.3 is 0 Å². The number of nitrogens with zero attached hydrogens (tertiary/aromatic N) is 1. The number of amides is 2. The molecule has 0 saturated carbocycles. The molecule has 98 valence electrons. The molecule has 2 N–H and O–H groups in total. The van der Waals surface area contributed by atoms with Gasteiger partial charge in [0.2, 0.25) is 11.8 Å². The van der Waals surface area contributed by atoms with Crippen LogP contribution < -0.4 is 10.6 Å². The summed E-state index contributed by atoms with van der Waals surface area (Å²) in [6.07, 6.45) is 1.55. The number of hydrogen-bond acceptors (Lipinski definition) is 3. The van der Waals surface area contributed by atoms with E-state index < -0.39 is 0 Å². The highest BCUT2D eigenvalue weighted by atomic mass is 16.2. The highest BCUT2D eigenvalue weighted by Crippen LogP contribution is 2.06. The molecule has 0 bridgehead atoms. The molecule has 1 unspecified atom stereocenters. The van der Waals surface area contributed by atoms with Crippen molar-refractivity contribution in [3.05, 3.63) is 0 Å². The van der Waals surface area contributed by atoms with Crippen molar-refractivity contribution >= 4 is 11.8 Å². The SMILES string of the molecule is CCCNC(=O)CCC(=O)N1CCNCC1C. The minimum Gasteiger partial charge on any atom is -0.356 e. The average molecular weight is 241 g/mol. The van der Waals surface area contributed by atoms with Gasteiger partial charge in [-0.05, 0) is 13.3 Å². The minimum atomic E-state index is -0.0250. The molecule has 0 spiro atoms. The van der Waals surface area contributed by atoms with Crippen LogP contribution in [0, 0.1) is 0 Å². The molecule has 5 heteroatoms. The first kappa shape index (κ1) is 14.0. The molecule has 1 fully saturated rings. The van der Waals surface area contributed by atoms with Crippen molar-refractivity contribution in [2.45, 2.75) is 39.2 Å². The van der Waals surface area contributed by atoms with Gasteiger partial charge in [-0.1, -0.05) is 6.92 Å². The first-order chi connectivity index (χ1) is 8.15. The van der Waals surface area contributed by atoms with Crippen molar-refractivity contribution < 1.29 is 9.59 Å². The van der Waals surface area contributed by atoms with Gasteiger partial charge in [-0.25, -0.2) is 0 Å². The summed E-state index contributed by atoms with van der Waals surface area (Å²) in [5, 5.41) is 6.02. The Morgan fingerprint density at radius 1 is 1.41 bits per heavy atom. The molecule has 5 nitrogen and oxygen atoms in total. The lowest BCUT2D eigenvalue weighted by Crippen LogP contribution is -2.52. The Balaban J connectivity index is 2.26. The van der Waals surface area contributed by atoms with Gasteiger partial charge in [-0.15, -0.1) is 0 Å². The van der Waals surface area contributed by atoms with Crippen LogP contribution in [0.4, 0.5) is 0 Å². The standard InChI is InChI=1S/C12H23N3O2/c1-3-6-14-11(16)4-5-12(17)15-8-7-13-9-10(15)2/h10,13H,3-9H2,1-2H3,(H,14,16). The van der Waals surface area contributed by atoms with Crippen molar-refractivity contribution in [1.82, 2.24) is 15.5 Å². The fourth-order valence-corrected chi connectivity index (χ4v) is 1.93. The summed E-state index contributed by atoms with van der Waals surface area (Å²) in [6, 6.07) is 0.231. The number of piperazine rings is 1. The van der Waals surface area contributed by atoms with E-state index in [1.807, 2.05) is 18.7 Å². The topological polar surface area (TPSA) is 61.4 Å². The van der Waals surface area contributed by atoms with E-state index in [2.05, 4.69) is 10.6 Å². The molecule has 0 aliphatic carbocycles. The van der Waals surface area contributed by atoms with Gasteiger partial charge in [-0.3, -0.25) is 9.59 Å². The second kappa shape index (κ2) is 7.27. The van der Waals surface area contributed by atoms with Crippen LogP contribution in [-0.4, -0.2) is 48.9 Å². The van der Waals surface area contributed by atoms with Crippen molar-refractivity contribution in [1.29, 1.82) is 0 Å². The summed E-state index contributed by atoms with van der Waals surface area (Å²) in [6.45, 7) is 7.16. The lowest BCUT2D eigenvalue weighted by atomic mass is 10.2. The summed E-state index contributed by atoms with van der Waals surface area (Å²) >= 11 is 0. The van der Waals surface area contributed by atoms with Crippen LogP contribution in [-0.2, 0) is 9.59 Å². The largest absolute Gasteiger partial charge is 0.356 e. The van der Waals surface area contributed by atoms with Crippen LogP contribution in [0.25, 0.3) is 0 Å². The van der Waals surface area contributed by atoms with E-state index in [-0.39, 0.29) is 17.9 Å². The van der Waals surface area contributed by atoms with Crippen molar-refractivity contribution in [3.8, 4) is 0 Å². The van der Waals surface area contributed by atoms with Crippen LogP contribution in [0.15, 0.2) is 0 Å². The van der Waals surface area contributed by atoms with E-state index in [4.69, 9.17) is 0 Å². The number of rotatable bonds is 5. The maximum Gasteiger partial charge on any atom is 0.223 e. The first-order valence-corrected chi connectivity index (χ1v) is 6.42. The Morgan fingerprint density at radius 2 is 2.18 bits per heavy atom. The third-order valence-electron chi connectivity index (χ3n) is 2.96. The van der Waals surface area contributed by atoms with Gasteiger partial charge in [-0.2, -0.15) is 0 Å². The summed E-state index contributed by atoms with van der Waals surface area (Å²) in [7, 11) is 0. The van der Waals surface area contributed by atoms with Crippen LogP contribution in [0.2, 0.25) is 0 Å². The molecule has 1 aliphatic heterocycles. The molecule has 1 saturated heterocycles. The summed E-state index contributed by atoms with van der Waals surface area (Å²) in [4.78, 5) is 25.1. The van der Waals surface area contributed by atoms with Gasteiger partial charge in [0.15, 0.2) is 0 Å². The van der Waals surface area contributed by atoms with Gasteiger partial charge in [0.25, 0.3) is 0 Å². The van der Waals surface area contributed by atoms with E-state index in [9.17, 15) is 9.59 Å². The van der Waals surface area contributed by atoms with Crippen molar-refractivity contribution in [2.24, 2.45) is 0 Å². The molecule has 0 aromatic carbocycles. The molecule has 0 radical (unpaired) electrons. The van der Waals surface area contributed by atoms with E-state index in [1.54, 1.807) is 0 Å². The van der Waals surface area contributed by atoms with Gasteiger partial charge in [0, 0.05) is 45.1 Å². The predicted octanol–water partition coefficient (Wildman–Crippen LogP) is 0.113. The number of carbonyl (C=O) groups excluding carboxylic acids is 2. The number of hydrogen-bond donors (Lipinski definition) is 2. The van der Waals surface area contributed by atoms with Gasteiger partial charge < -0.3 is 15.5 Å². The van der Waals surface area contributed by atoms with Gasteiger partial charge in [0.05, 0.1) is 0 Å². The zero-order valence-corrected chi connectivity index (χ0v) is 10.8. The Labute approximate surface area is 103 Å². The third-order valence-corrected chi connectivity index (χ3v) is 2.96. The lowest BCUT2D eigenvalue weighted by Gasteiger charge is -2.34. The second-order valence-electron chi connectivity index (χ2n) is 4.49. The van der Waals surface area contributed by atoms with E-state index in [1.165, 1.54) is 0 Å². The normalized spacial score (nSPS) is 20.1. The Hall–Kier alpha value is -1.10. The van der Waals surface area contributed by atoms with Crippen molar-refractivity contribution in [2.75, 3.05) is 26.2 Å². The molecule has 1 rings (SSSR count). The van der Waals surface area contributed by atoms with Crippen LogP contribution >= 0.6 is 0 Å². The monoisotopic (exact) mass is 241 g/mol. The minimum absolute atomic E-state index is 0.0250. The highest BCUT2D eigenvalue weighted by molar-refractivity contribution is 5.83. The van der Waals surface area contributed by atoms with E-state index in [0.717, 1.165) is 26.1 Å². The van der Waals surface area contributed by atoms with Gasteiger partial charge in [0.1, 0.15) is 0 Å². The summed E-state index contributed by atoms with van der Waals surface area (Å²) in [5.74, 6) is 0.0636. The van der Waals surface area contributed by atoms with E-state index >= 15 is 0 Å². The number of nitrogens with one attached hydrogen (secondary N) is 2. The Bertz CT molecular complexity index is 268. The highest BCUT2D eigenvalue weighted by Gasteiger charge is 2.22. The zero-order valence-electron chi connectivity index (χ0n) is 10.8. The number of carbonyl (C=O) groups is 2. The second-order valence-corrected chi connectivity index (χ2v) is 4.49. The van der Waals surface area contributed by atoms with Crippen LogP contribution in [0.1, 0.15) is 33.1 Å². The van der Waals surface area contributed by atoms with Crippen LogP contribution in [0.5, 0.6) is 0 Å². The predicted molar refractivity (Wildman–Crippen MR) is 66.6 cm³/mol. The molecule has 2 amide bonds. The Kier molecular flexibility index (Phi) is 5.97. The first-order valence-electron chi connectivity index (χ1n) is 6.42. The van der Waals surface area contributed by atoms with E-state index in [0.29, 0.717) is 19.4 Å². The zero-order chi connectivity index (χ0) is 12.7. The molecule has 1 atom stereocenters. The fraction of sp³-hybridized carbons (Fsp3) is 0.833. The summed E-state index contributed by atoms with van der Waals surface area (Å²) < 4.78 is 0. The molecule has 1 aliphatic rings. The van der Waals surface area contributed by atoms with Crippen LogP contribution in [0.3, 0.4) is 0 Å². The third kappa shape index (κ3) is 4.73. The molecule has 1 heterocycles. The maximum atomic E-state index is 11.9. The molecule has 0 aromatic rings. The quantitative estimate of drug-likeness (QED) is 0.718. The molecule has 0 aromatic heterocycles. The molecule has 17 heavy (non-hydrogen) atoms. The smallest absolute Gasteiger partial charge is 0.223 e. The molecular weight excluding hydrogens is 218 g/mol. The maximum absolute atomic E-state index is 11.9. The molecular formula is C12H23N3O2. The lowest BCUT2D eigenvalue weighted by molar-refractivity contribution is -0.136. The van der Waals surface area contributed by atoms with Crippen molar-refractivity contribution in [3.63, 3.8) is 0 Å². The Morgan fingerprint density at radius 3 is 2.82 bits per heavy atom. The average Bonchev–Trinajstić information content (AvgIpc) is 2.34. The fourth-order valence-electron chi connectivity index (χ4n) is 1.93. The summed E-state index contributed by atoms with van der Waals surface area (Å²) in [5.41, 5.74) is 0.